The number of rotatable bonds is 34. The molecule has 0 aliphatic carbocycles. The zero-order valence-electron chi connectivity index (χ0n) is 45.1. The number of nitro groups is 1. The van der Waals surface area contributed by atoms with E-state index in [9.17, 15) is 53.6 Å². The van der Waals surface area contributed by atoms with Crippen molar-refractivity contribution in [2.75, 3.05) is 46.8 Å². The number of nitro benzene ring substituents is 1. The number of benzene rings is 2. The van der Waals surface area contributed by atoms with Gasteiger partial charge in [0, 0.05) is 45.2 Å². The van der Waals surface area contributed by atoms with Crippen LogP contribution in [-0.2, 0) is 51.2 Å². The lowest BCUT2D eigenvalue weighted by Crippen LogP contribution is -2.60. The van der Waals surface area contributed by atoms with Crippen LogP contribution in [-0.4, -0.2) is 157 Å². The molecule has 27 nitrogen and oxygen atoms in total. The number of carbonyl (C=O) groups is 8. The molecule has 0 saturated heterocycles. The van der Waals surface area contributed by atoms with Crippen molar-refractivity contribution in [3.05, 3.63) is 69.8 Å². The smallest absolute Gasteiger partial charge is 0.269 e. The number of amides is 8. The lowest BCUT2D eigenvalue weighted by Gasteiger charge is -2.33. The van der Waals surface area contributed by atoms with Crippen molar-refractivity contribution >= 4 is 64.9 Å². The third-order valence-electron chi connectivity index (χ3n) is 11.8. The summed E-state index contributed by atoms with van der Waals surface area (Å²) in [5.41, 5.74) is 23.1. The largest absolute Gasteiger partial charge is 0.508 e. The van der Waals surface area contributed by atoms with E-state index in [-0.39, 0.29) is 93.2 Å². The normalized spacial score (nSPS) is 13.3. The summed E-state index contributed by atoms with van der Waals surface area (Å²) < 4.78 is 0. The van der Waals surface area contributed by atoms with Gasteiger partial charge in [-0.3, -0.25) is 58.5 Å². The zero-order valence-corrected chi connectivity index (χ0v) is 45.1. The van der Waals surface area contributed by atoms with Crippen LogP contribution in [0.4, 0.5) is 5.69 Å². The number of non-ortho nitro benzene ring substituents is 1. The van der Waals surface area contributed by atoms with Crippen LogP contribution in [0.5, 0.6) is 5.75 Å². The first-order valence-corrected chi connectivity index (χ1v) is 25.4. The molecule has 0 radical (unpaired) electrons. The van der Waals surface area contributed by atoms with Crippen LogP contribution in [0.25, 0.3) is 0 Å². The fourth-order valence-electron chi connectivity index (χ4n) is 7.84. The maximum absolute atomic E-state index is 14.6. The minimum atomic E-state index is -1.43. The Kier molecular flexibility index (Phi) is 28.5. The molecule has 0 unspecified atom stereocenters. The zero-order chi connectivity index (χ0) is 57.8. The summed E-state index contributed by atoms with van der Waals surface area (Å²) in [7, 11) is 2.94. The maximum atomic E-state index is 14.6. The van der Waals surface area contributed by atoms with E-state index in [0.29, 0.717) is 18.5 Å². The molecule has 27 heteroatoms. The Labute approximate surface area is 448 Å². The molecule has 426 valence electrons. The Balaban J connectivity index is 2.43. The summed E-state index contributed by atoms with van der Waals surface area (Å²) in [4.78, 5) is 130. The molecular weight excluding hydrogens is 1000 g/mol. The lowest BCUT2D eigenvalue weighted by atomic mass is 9.99. The number of phenols is 1. The van der Waals surface area contributed by atoms with Crippen LogP contribution in [0.2, 0.25) is 0 Å². The number of hydrogen-bond donors (Lipinski definition) is 13. The summed E-state index contributed by atoms with van der Waals surface area (Å²) in [5.74, 6) is -6.09. The number of phenolic OH excluding ortho intramolecular Hbond substituents is 1. The minimum absolute atomic E-state index is 0.00264. The highest BCUT2D eigenvalue weighted by Crippen LogP contribution is 2.17. The molecule has 2 aromatic carbocycles. The van der Waals surface area contributed by atoms with Crippen molar-refractivity contribution in [1.82, 2.24) is 47.4 Å². The van der Waals surface area contributed by atoms with Crippen LogP contribution in [0.1, 0.15) is 84.3 Å². The lowest BCUT2D eigenvalue weighted by molar-refractivity contribution is -0.384. The van der Waals surface area contributed by atoms with Gasteiger partial charge in [0.25, 0.3) is 5.69 Å². The predicted octanol–water partition coefficient (Wildman–Crippen LogP) is -1.99. The van der Waals surface area contributed by atoms with E-state index in [1.54, 1.807) is 40.0 Å². The Morgan fingerprint density at radius 2 is 1.08 bits per heavy atom. The Morgan fingerprint density at radius 1 is 0.610 bits per heavy atom. The van der Waals surface area contributed by atoms with E-state index < -0.39 is 102 Å². The molecule has 2 aromatic rings. The number of nitrogens with two attached hydrogens (primary N) is 4. The number of likely N-dealkylation sites (N-methyl/N-ethyl adjacent to an activating group) is 3. The van der Waals surface area contributed by atoms with Gasteiger partial charge in [0.15, 0.2) is 11.9 Å². The van der Waals surface area contributed by atoms with Gasteiger partial charge in [-0.05, 0) is 94.0 Å². The maximum Gasteiger partial charge on any atom is 0.269 e. The molecule has 0 saturated carbocycles. The number of carbonyl (C=O) groups excluding carboxylic acids is 8. The number of aromatic hydroxyl groups is 1. The molecule has 0 aliphatic rings. The average molecular weight is 1080 g/mol. The number of nitrogens with one attached hydrogen (secondary N) is 8. The van der Waals surface area contributed by atoms with Crippen LogP contribution in [0, 0.1) is 22.0 Å². The highest BCUT2D eigenvalue weighted by atomic mass is 16.6. The number of nitrogens with zero attached hydrogens (tertiary/aromatic N) is 4. The highest BCUT2D eigenvalue weighted by Gasteiger charge is 2.36. The molecule has 2 rings (SSSR count). The van der Waals surface area contributed by atoms with E-state index in [1.807, 2.05) is 13.8 Å². The topological polar surface area (TPSA) is 428 Å². The monoisotopic (exact) mass is 1080 g/mol. The third kappa shape index (κ3) is 24.9. The molecular formula is C50H80N16O11. The van der Waals surface area contributed by atoms with Crippen molar-refractivity contribution < 1.29 is 48.4 Å². The van der Waals surface area contributed by atoms with Crippen molar-refractivity contribution in [3.63, 3.8) is 0 Å². The van der Waals surface area contributed by atoms with E-state index in [0.717, 1.165) is 10.5 Å². The molecule has 8 amide bonds. The van der Waals surface area contributed by atoms with E-state index in [4.69, 9.17) is 22.9 Å². The molecule has 0 fully saturated rings. The van der Waals surface area contributed by atoms with Gasteiger partial charge >= 0.3 is 0 Å². The summed E-state index contributed by atoms with van der Waals surface area (Å²) in [5, 5.41) is 42.3. The summed E-state index contributed by atoms with van der Waals surface area (Å²) >= 11 is 0. The van der Waals surface area contributed by atoms with Gasteiger partial charge in [-0.1, -0.05) is 52.0 Å². The molecule has 0 aliphatic heterocycles. The van der Waals surface area contributed by atoms with E-state index in [2.05, 4.69) is 52.5 Å². The SMILES string of the molecule is CCNC(=O)[C@H](CC(C)C)NC(=O)[C@H](CCCN=C(N)N)N(C)C(=O)[C@H](CCCN=C(N)N)NC(=O)[C@H](CC(C)C)NC(=O)[C@@H](Cc1ccc([N+](=O)[O-])cc1)NC(=O)CNC(=O)CNC(=O)[C@H](Cc1ccc(O)cc1)NC. The van der Waals surface area contributed by atoms with E-state index in [1.165, 1.54) is 43.4 Å². The quantitative estimate of drug-likeness (QED) is 0.0119. The molecule has 0 heterocycles. The van der Waals surface area contributed by atoms with Gasteiger partial charge in [-0.15, -0.1) is 0 Å². The van der Waals surface area contributed by atoms with Gasteiger partial charge in [0.2, 0.25) is 47.3 Å². The predicted molar refractivity (Wildman–Crippen MR) is 289 cm³/mol. The van der Waals surface area contributed by atoms with Crippen LogP contribution in [0.3, 0.4) is 0 Å². The van der Waals surface area contributed by atoms with Crippen LogP contribution < -0.4 is 65.5 Å². The van der Waals surface area contributed by atoms with Gasteiger partial charge in [-0.25, -0.2) is 0 Å². The molecule has 17 N–H and O–H groups in total. The second-order valence-electron chi connectivity index (χ2n) is 19.2. The number of guanidine groups is 2. The summed E-state index contributed by atoms with van der Waals surface area (Å²) in [6.45, 7) is 8.41. The second kappa shape index (κ2) is 33.7. The van der Waals surface area contributed by atoms with Crippen LogP contribution in [0.15, 0.2) is 58.5 Å². The molecule has 77 heavy (non-hydrogen) atoms. The minimum Gasteiger partial charge on any atom is -0.508 e. The molecule has 0 bridgehead atoms. The third-order valence-corrected chi connectivity index (χ3v) is 11.8. The van der Waals surface area contributed by atoms with Gasteiger partial charge in [0.05, 0.1) is 24.1 Å². The van der Waals surface area contributed by atoms with Crippen LogP contribution >= 0.6 is 0 Å². The van der Waals surface area contributed by atoms with Crippen molar-refractivity contribution in [2.24, 2.45) is 44.8 Å². The summed E-state index contributed by atoms with van der Waals surface area (Å²) in [6, 6.07) is 4.51. The molecule has 0 aromatic heterocycles. The van der Waals surface area contributed by atoms with Crippen molar-refractivity contribution in [2.45, 2.75) is 122 Å². The fraction of sp³-hybridized carbons (Fsp3) is 0.560. The number of hydrogen-bond acceptors (Lipinski definition) is 14. The Hall–Kier alpha value is -8.10. The van der Waals surface area contributed by atoms with Gasteiger partial charge in [0.1, 0.15) is 36.0 Å². The first-order valence-electron chi connectivity index (χ1n) is 25.4. The average Bonchev–Trinajstić information content (AvgIpc) is 3.36. The standard InChI is InChI=1S/C50H80N16O11/c1-8-56-44(71)37(23-29(2)3)64-47(74)40(12-10-22-58-50(53)54)65(7)48(75)35(11-9-21-57-49(51)52)62-45(72)38(24-30(4)5)63-46(73)39(26-31-13-17-33(18-14-31)66(76)77)61-42(69)28-59-41(68)27-60-43(70)36(55-6)25-32-15-19-34(67)20-16-32/h13-20,29-30,35-40,55,67H,8-12,21-28H2,1-7H3,(H,56,71)(H,59,68)(H,60,70)(H,61,69)(H,62,72)(H,63,73)(H,64,74)(H4,51,52,57)(H4,53,54,58)/t35-,36-,37-,38-,39+,40-/m0/s1. The number of aliphatic imine (C=N–C) groups is 2. The Morgan fingerprint density at radius 3 is 1.60 bits per heavy atom. The first kappa shape index (κ1) is 65.0. The van der Waals surface area contributed by atoms with Crippen molar-refractivity contribution in [1.29, 1.82) is 0 Å². The highest BCUT2D eigenvalue weighted by molar-refractivity contribution is 5.97. The van der Waals surface area contributed by atoms with Gasteiger partial charge < -0.3 is 75.5 Å². The molecule has 6 atom stereocenters. The van der Waals surface area contributed by atoms with Gasteiger partial charge in [-0.2, -0.15) is 0 Å². The Bertz CT molecular complexity index is 2340. The molecule has 0 spiro atoms. The van der Waals surface area contributed by atoms with Crippen molar-refractivity contribution in [3.8, 4) is 5.75 Å². The summed E-state index contributed by atoms with van der Waals surface area (Å²) in [6.07, 6.45) is 0.725. The van der Waals surface area contributed by atoms with E-state index >= 15 is 0 Å². The fourth-order valence-corrected chi connectivity index (χ4v) is 7.84. The first-order chi connectivity index (χ1) is 36.3. The second-order valence-corrected chi connectivity index (χ2v) is 19.2.